The van der Waals surface area contributed by atoms with Crippen molar-refractivity contribution in [2.24, 2.45) is 0 Å². The highest BCUT2D eigenvalue weighted by atomic mass is 16.2. The number of aromatic amines is 1. The number of pyridine rings is 1. The van der Waals surface area contributed by atoms with Gasteiger partial charge in [-0.05, 0) is 12.5 Å². The third-order valence-electron chi connectivity index (χ3n) is 2.33. The van der Waals surface area contributed by atoms with E-state index in [-0.39, 0.29) is 17.2 Å². The van der Waals surface area contributed by atoms with Crippen LogP contribution >= 0.6 is 0 Å². The molecule has 0 aliphatic heterocycles. The van der Waals surface area contributed by atoms with Crippen LogP contribution in [0, 0.1) is 0 Å². The third kappa shape index (κ3) is 3.27. The fourth-order valence-electron chi connectivity index (χ4n) is 1.47. The average Bonchev–Trinajstić information content (AvgIpc) is 2.87. The molecule has 0 fully saturated rings. The molecule has 0 spiro atoms. The van der Waals surface area contributed by atoms with Crippen LogP contribution in [-0.4, -0.2) is 32.4 Å². The summed E-state index contributed by atoms with van der Waals surface area (Å²) in [7, 11) is 0. The van der Waals surface area contributed by atoms with Crippen molar-refractivity contribution in [2.75, 3.05) is 6.54 Å². The molecule has 0 saturated heterocycles. The summed E-state index contributed by atoms with van der Waals surface area (Å²) in [4.78, 5) is 25.1. The van der Waals surface area contributed by atoms with Gasteiger partial charge in [-0.1, -0.05) is 11.3 Å². The highest BCUT2D eigenvalue weighted by Gasteiger charge is 2.04. The minimum Gasteiger partial charge on any atom is -0.351 e. The van der Waals surface area contributed by atoms with E-state index in [1.165, 1.54) is 6.07 Å². The predicted octanol–water partition coefficient (Wildman–Crippen LogP) is -0.214. The van der Waals surface area contributed by atoms with Gasteiger partial charge in [-0.15, -0.1) is 5.10 Å². The molecule has 18 heavy (non-hydrogen) atoms. The molecule has 0 radical (unpaired) electrons. The molecular weight excluding hydrogens is 234 g/mol. The number of rotatable bonds is 5. The molecule has 7 heteroatoms. The van der Waals surface area contributed by atoms with Crippen molar-refractivity contribution >= 4 is 5.91 Å². The number of hydrogen-bond donors (Lipinski definition) is 2. The fraction of sp³-hybridized carbons (Fsp3) is 0.273. The van der Waals surface area contributed by atoms with Crippen molar-refractivity contribution in [3.05, 3.63) is 46.6 Å². The van der Waals surface area contributed by atoms with Gasteiger partial charge in [-0.25, -0.2) is 0 Å². The molecule has 0 saturated carbocycles. The Morgan fingerprint density at radius 2 is 2.33 bits per heavy atom. The van der Waals surface area contributed by atoms with E-state index >= 15 is 0 Å². The number of hydrogen-bond acceptors (Lipinski definition) is 4. The van der Waals surface area contributed by atoms with Gasteiger partial charge in [-0.3, -0.25) is 14.3 Å². The molecule has 94 valence electrons. The zero-order chi connectivity index (χ0) is 12.8. The molecule has 0 atom stereocenters. The van der Waals surface area contributed by atoms with E-state index in [0.717, 1.165) is 6.42 Å². The van der Waals surface area contributed by atoms with Crippen LogP contribution in [0.4, 0.5) is 0 Å². The maximum atomic E-state index is 11.6. The molecular formula is C11H13N5O2. The monoisotopic (exact) mass is 247 g/mol. The highest BCUT2D eigenvalue weighted by Crippen LogP contribution is 1.91. The lowest BCUT2D eigenvalue weighted by atomic mass is 10.3. The lowest BCUT2D eigenvalue weighted by Crippen LogP contribution is -2.27. The Balaban J connectivity index is 1.77. The first-order valence-corrected chi connectivity index (χ1v) is 5.57. The average molecular weight is 247 g/mol. The summed E-state index contributed by atoms with van der Waals surface area (Å²) < 4.78 is 1.69. The second-order valence-corrected chi connectivity index (χ2v) is 3.70. The summed E-state index contributed by atoms with van der Waals surface area (Å²) in [5, 5.41) is 10.2. The second-order valence-electron chi connectivity index (χ2n) is 3.70. The van der Waals surface area contributed by atoms with Gasteiger partial charge in [0.25, 0.3) is 5.91 Å². The SMILES string of the molecule is O=C(NCCCn1ccnn1)c1cccc(=O)[nH]1. The quantitative estimate of drug-likeness (QED) is 0.715. The fourth-order valence-corrected chi connectivity index (χ4v) is 1.47. The Kier molecular flexibility index (Phi) is 3.85. The lowest BCUT2D eigenvalue weighted by Gasteiger charge is -2.04. The van der Waals surface area contributed by atoms with E-state index in [1.54, 1.807) is 29.2 Å². The smallest absolute Gasteiger partial charge is 0.267 e. The van der Waals surface area contributed by atoms with Crippen molar-refractivity contribution in [3.63, 3.8) is 0 Å². The topological polar surface area (TPSA) is 92.7 Å². The molecule has 2 N–H and O–H groups in total. The first-order valence-electron chi connectivity index (χ1n) is 5.57. The van der Waals surface area contributed by atoms with Gasteiger partial charge >= 0.3 is 0 Å². The minimum absolute atomic E-state index is 0.267. The minimum atomic E-state index is -0.287. The summed E-state index contributed by atoms with van der Waals surface area (Å²) in [6, 6.07) is 4.47. The highest BCUT2D eigenvalue weighted by molar-refractivity contribution is 5.92. The summed E-state index contributed by atoms with van der Waals surface area (Å²) >= 11 is 0. The van der Waals surface area contributed by atoms with Crippen molar-refractivity contribution in [1.29, 1.82) is 0 Å². The first kappa shape index (κ1) is 12.0. The van der Waals surface area contributed by atoms with Crippen LogP contribution in [-0.2, 0) is 6.54 Å². The maximum Gasteiger partial charge on any atom is 0.267 e. The van der Waals surface area contributed by atoms with Crippen LogP contribution in [0.3, 0.4) is 0 Å². The van der Waals surface area contributed by atoms with Gasteiger partial charge in [0.15, 0.2) is 0 Å². The molecule has 0 aliphatic rings. The van der Waals surface area contributed by atoms with Crippen LogP contribution in [0.1, 0.15) is 16.9 Å². The zero-order valence-corrected chi connectivity index (χ0v) is 9.67. The molecule has 2 heterocycles. The molecule has 0 unspecified atom stereocenters. The van der Waals surface area contributed by atoms with Crippen LogP contribution in [0.25, 0.3) is 0 Å². The number of nitrogens with zero attached hydrogens (tertiary/aromatic N) is 3. The molecule has 2 rings (SSSR count). The summed E-state index contributed by atoms with van der Waals surface area (Å²) in [6.07, 6.45) is 4.11. The maximum absolute atomic E-state index is 11.6. The normalized spacial score (nSPS) is 10.2. The van der Waals surface area contributed by atoms with Crippen LogP contribution in [0.5, 0.6) is 0 Å². The molecule has 2 aromatic heterocycles. The molecule has 2 aromatic rings. The Labute approximate surface area is 103 Å². The number of aromatic nitrogens is 4. The van der Waals surface area contributed by atoms with Gasteiger partial charge in [0, 0.05) is 25.4 Å². The van der Waals surface area contributed by atoms with Crippen molar-refractivity contribution < 1.29 is 4.79 Å². The Bertz CT molecular complexity index is 561. The summed E-state index contributed by atoms with van der Waals surface area (Å²) in [5.41, 5.74) is -0.0199. The van der Waals surface area contributed by atoms with Crippen LogP contribution in [0.2, 0.25) is 0 Å². The number of carbonyl (C=O) groups excluding carboxylic acids is 1. The lowest BCUT2D eigenvalue weighted by molar-refractivity contribution is 0.0947. The Morgan fingerprint density at radius 3 is 3.06 bits per heavy atom. The van der Waals surface area contributed by atoms with Crippen molar-refractivity contribution in [1.82, 2.24) is 25.3 Å². The summed E-state index contributed by atoms with van der Waals surface area (Å²) in [5.74, 6) is -0.286. The number of nitrogens with one attached hydrogen (secondary N) is 2. The van der Waals surface area contributed by atoms with E-state index in [4.69, 9.17) is 0 Å². The van der Waals surface area contributed by atoms with Crippen molar-refractivity contribution in [3.8, 4) is 0 Å². The number of amides is 1. The first-order chi connectivity index (χ1) is 8.75. The van der Waals surface area contributed by atoms with Gasteiger partial charge in [0.2, 0.25) is 5.56 Å². The van der Waals surface area contributed by atoms with E-state index in [0.29, 0.717) is 13.1 Å². The largest absolute Gasteiger partial charge is 0.351 e. The molecule has 0 aliphatic carbocycles. The second kappa shape index (κ2) is 5.76. The Hall–Kier alpha value is -2.44. The zero-order valence-electron chi connectivity index (χ0n) is 9.67. The molecule has 7 nitrogen and oxygen atoms in total. The summed E-state index contributed by atoms with van der Waals surface area (Å²) in [6.45, 7) is 1.20. The Morgan fingerprint density at radius 1 is 1.44 bits per heavy atom. The third-order valence-corrected chi connectivity index (χ3v) is 2.33. The van der Waals surface area contributed by atoms with Crippen LogP contribution in [0.15, 0.2) is 35.4 Å². The number of aryl methyl sites for hydroxylation is 1. The van der Waals surface area contributed by atoms with Crippen LogP contribution < -0.4 is 10.9 Å². The standard InChI is InChI=1S/C11H13N5O2/c17-10-4-1-3-9(14-10)11(18)12-5-2-7-16-8-6-13-15-16/h1,3-4,6,8H,2,5,7H2,(H,12,18)(H,14,17). The van der Waals surface area contributed by atoms with E-state index in [2.05, 4.69) is 20.6 Å². The van der Waals surface area contributed by atoms with Gasteiger partial charge < -0.3 is 10.3 Å². The van der Waals surface area contributed by atoms with Gasteiger partial charge in [-0.2, -0.15) is 0 Å². The van der Waals surface area contributed by atoms with E-state index in [9.17, 15) is 9.59 Å². The van der Waals surface area contributed by atoms with E-state index in [1.807, 2.05) is 0 Å². The molecule has 1 amide bonds. The predicted molar refractivity (Wildman–Crippen MR) is 64.0 cm³/mol. The number of H-pyrrole nitrogens is 1. The van der Waals surface area contributed by atoms with Gasteiger partial charge in [0.05, 0.1) is 6.20 Å². The number of carbonyl (C=O) groups is 1. The van der Waals surface area contributed by atoms with Gasteiger partial charge in [0.1, 0.15) is 5.69 Å². The van der Waals surface area contributed by atoms with Crippen molar-refractivity contribution in [2.45, 2.75) is 13.0 Å². The molecule has 0 aromatic carbocycles. The molecule has 0 bridgehead atoms. The van der Waals surface area contributed by atoms with E-state index < -0.39 is 0 Å².